The summed E-state index contributed by atoms with van der Waals surface area (Å²) >= 11 is 5.96. The molecule has 1 aliphatic heterocycles. The number of nitro groups is 1. The molecule has 2 amide bonds. The molecular weight excluding hydrogens is 406 g/mol. The minimum atomic E-state index is -0.661. The highest BCUT2D eigenvalue weighted by Crippen LogP contribution is 2.34. The minimum Gasteiger partial charge on any atom is -0.508 e. The third-order valence-corrected chi connectivity index (χ3v) is 4.93. The van der Waals surface area contributed by atoms with Crippen LogP contribution in [0.1, 0.15) is 15.9 Å². The van der Waals surface area contributed by atoms with Crippen molar-refractivity contribution < 1.29 is 24.7 Å². The Morgan fingerprint density at radius 3 is 2.68 bits per heavy atom. The molecule has 2 aromatic rings. The molecule has 28 heavy (non-hydrogen) atoms. The number of carbonyl (C=O) groups excluding carboxylic acids is 2. The van der Waals surface area contributed by atoms with E-state index in [2.05, 4.69) is 5.43 Å². The Balaban J connectivity index is 1.84. The van der Waals surface area contributed by atoms with Crippen LogP contribution in [0.2, 0.25) is 0 Å². The molecule has 0 bridgehead atoms. The number of thiocarbonyl (C=S) groups is 1. The maximum absolute atomic E-state index is 12.6. The van der Waals surface area contributed by atoms with Crippen LogP contribution in [-0.2, 0) is 4.79 Å². The van der Waals surface area contributed by atoms with E-state index in [1.54, 1.807) is 0 Å². The largest absolute Gasteiger partial charge is 0.508 e. The first-order valence-electron chi connectivity index (χ1n) is 7.61. The van der Waals surface area contributed by atoms with Crippen LogP contribution in [0, 0.1) is 10.1 Å². The summed E-state index contributed by atoms with van der Waals surface area (Å²) in [5, 5.41) is 31.1. The van der Waals surface area contributed by atoms with Gasteiger partial charge in [-0.2, -0.15) is 5.01 Å². The lowest BCUT2D eigenvalue weighted by atomic mass is 10.1. The van der Waals surface area contributed by atoms with Crippen molar-refractivity contribution in [2.75, 3.05) is 0 Å². The van der Waals surface area contributed by atoms with Gasteiger partial charge in [0.1, 0.15) is 11.5 Å². The summed E-state index contributed by atoms with van der Waals surface area (Å²) in [6.07, 6.45) is 1.25. The molecule has 1 saturated heterocycles. The van der Waals surface area contributed by atoms with Gasteiger partial charge in [-0.05, 0) is 42.6 Å². The van der Waals surface area contributed by atoms with Gasteiger partial charge in [0.15, 0.2) is 4.32 Å². The number of nitro benzene ring substituents is 1. The fourth-order valence-corrected chi connectivity index (χ4v) is 3.46. The van der Waals surface area contributed by atoms with Gasteiger partial charge in [0, 0.05) is 23.3 Å². The number of carbonyl (C=O) groups is 2. The van der Waals surface area contributed by atoms with Crippen LogP contribution in [0.5, 0.6) is 11.5 Å². The number of nitrogens with zero attached hydrogens (tertiary/aromatic N) is 2. The van der Waals surface area contributed by atoms with Crippen LogP contribution in [0.3, 0.4) is 0 Å². The van der Waals surface area contributed by atoms with Gasteiger partial charge in [-0.3, -0.25) is 25.1 Å². The van der Waals surface area contributed by atoms with E-state index >= 15 is 0 Å². The fourth-order valence-electron chi connectivity index (χ4n) is 2.29. The van der Waals surface area contributed by atoms with Crippen molar-refractivity contribution in [3.63, 3.8) is 0 Å². The van der Waals surface area contributed by atoms with Crippen molar-refractivity contribution in [3.05, 3.63) is 68.6 Å². The highest BCUT2D eigenvalue weighted by molar-refractivity contribution is 8.26. The Labute approximate surface area is 167 Å². The van der Waals surface area contributed by atoms with Gasteiger partial charge in [-0.1, -0.05) is 17.8 Å². The molecule has 1 fully saturated rings. The molecule has 0 atom stereocenters. The molecule has 9 nitrogen and oxygen atoms in total. The standard InChI is InChI=1S/C17H11N3O6S2/c21-12-3-1-2-9(7-12)15(23)18-19-16(24)14(28-17(19)27)8-10-6-11(20(25)26)4-5-13(10)22/h1-8,21-22H,(H,18,23)/b14-8-. The zero-order valence-electron chi connectivity index (χ0n) is 13.9. The van der Waals surface area contributed by atoms with Gasteiger partial charge in [-0.25, -0.2) is 0 Å². The Kier molecular flexibility index (Phi) is 5.29. The number of non-ortho nitro benzene ring substituents is 1. The van der Waals surface area contributed by atoms with Crippen LogP contribution in [0.15, 0.2) is 47.4 Å². The molecule has 0 aliphatic carbocycles. The van der Waals surface area contributed by atoms with E-state index in [0.29, 0.717) is 0 Å². The lowest BCUT2D eigenvalue weighted by molar-refractivity contribution is -0.384. The van der Waals surface area contributed by atoms with Gasteiger partial charge < -0.3 is 10.2 Å². The van der Waals surface area contributed by atoms with Crippen molar-refractivity contribution in [3.8, 4) is 11.5 Å². The van der Waals surface area contributed by atoms with Crippen molar-refractivity contribution >= 4 is 51.9 Å². The predicted molar refractivity (Wildman–Crippen MR) is 105 cm³/mol. The summed E-state index contributed by atoms with van der Waals surface area (Å²) in [4.78, 5) is 35.1. The van der Waals surface area contributed by atoms with E-state index in [1.807, 2.05) is 0 Å². The number of hydrazine groups is 1. The number of phenolic OH excluding ortho intramolecular Hbond substituents is 2. The van der Waals surface area contributed by atoms with Gasteiger partial charge in [-0.15, -0.1) is 0 Å². The average molecular weight is 417 g/mol. The quantitative estimate of drug-likeness (QED) is 0.299. The molecule has 0 radical (unpaired) electrons. The number of hydrogen-bond donors (Lipinski definition) is 3. The van der Waals surface area contributed by atoms with Crippen LogP contribution in [0.25, 0.3) is 6.08 Å². The van der Waals surface area contributed by atoms with E-state index in [0.717, 1.165) is 35.0 Å². The van der Waals surface area contributed by atoms with Crippen molar-refractivity contribution in [2.24, 2.45) is 0 Å². The zero-order chi connectivity index (χ0) is 20.4. The van der Waals surface area contributed by atoms with E-state index in [1.165, 1.54) is 30.3 Å². The number of amides is 2. The number of aromatic hydroxyl groups is 2. The van der Waals surface area contributed by atoms with E-state index in [4.69, 9.17) is 12.2 Å². The smallest absolute Gasteiger partial charge is 0.285 e. The normalized spacial score (nSPS) is 15.1. The number of hydrogen-bond acceptors (Lipinski definition) is 8. The highest BCUT2D eigenvalue weighted by atomic mass is 32.2. The second-order valence-electron chi connectivity index (χ2n) is 5.51. The summed E-state index contributed by atoms with van der Waals surface area (Å²) in [6.45, 7) is 0. The number of nitrogens with one attached hydrogen (secondary N) is 1. The summed E-state index contributed by atoms with van der Waals surface area (Å²) in [6, 6.07) is 8.94. The van der Waals surface area contributed by atoms with Crippen LogP contribution in [0.4, 0.5) is 5.69 Å². The molecule has 142 valence electrons. The SMILES string of the molecule is O=C(NN1C(=O)/C(=C/c2cc([N+](=O)[O-])ccc2O)SC1=S)c1cccc(O)c1. The van der Waals surface area contributed by atoms with Gasteiger partial charge in [0.25, 0.3) is 17.5 Å². The number of benzene rings is 2. The summed E-state index contributed by atoms with van der Waals surface area (Å²) in [5.41, 5.74) is 2.27. The van der Waals surface area contributed by atoms with Gasteiger partial charge in [0.2, 0.25) is 0 Å². The molecule has 0 aromatic heterocycles. The van der Waals surface area contributed by atoms with Gasteiger partial charge in [0.05, 0.1) is 9.83 Å². The fraction of sp³-hybridized carbons (Fsp3) is 0. The van der Waals surface area contributed by atoms with Crippen LogP contribution < -0.4 is 5.43 Å². The average Bonchev–Trinajstić information content (AvgIpc) is 2.90. The Hall–Kier alpha value is -3.44. The van der Waals surface area contributed by atoms with Gasteiger partial charge >= 0.3 is 0 Å². The monoisotopic (exact) mass is 417 g/mol. The molecule has 0 saturated carbocycles. The Morgan fingerprint density at radius 1 is 1.25 bits per heavy atom. The third kappa shape index (κ3) is 3.94. The predicted octanol–water partition coefficient (Wildman–Crippen LogP) is 2.55. The molecular formula is C17H11N3O6S2. The van der Waals surface area contributed by atoms with Crippen LogP contribution in [-0.4, -0.2) is 36.3 Å². The lowest BCUT2D eigenvalue weighted by Crippen LogP contribution is -2.44. The molecule has 0 unspecified atom stereocenters. The molecule has 3 N–H and O–H groups in total. The number of rotatable bonds is 4. The molecule has 3 rings (SSSR count). The molecule has 11 heteroatoms. The molecule has 1 aliphatic rings. The molecule has 1 heterocycles. The topological polar surface area (TPSA) is 133 Å². The second kappa shape index (κ2) is 7.66. The van der Waals surface area contributed by atoms with E-state index in [-0.39, 0.29) is 37.5 Å². The summed E-state index contributed by atoms with van der Waals surface area (Å²) in [5.74, 6) is -1.68. The lowest BCUT2D eigenvalue weighted by Gasteiger charge is -2.15. The van der Waals surface area contributed by atoms with E-state index in [9.17, 15) is 29.9 Å². The van der Waals surface area contributed by atoms with Crippen molar-refractivity contribution in [1.82, 2.24) is 10.4 Å². The Bertz CT molecular complexity index is 1050. The summed E-state index contributed by atoms with van der Waals surface area (Å²) < 4.78 is 0.0367. The van der Waals surface area contributed by atoms with Crippen molar-refractivity contribution in [1.29, 1.82) is 0 Å². The van der Waals surface area contributed by atoms with Crippen molar-refractivity contribution in [2.45, 2.75) is 0 Å². The minimum absolute atomic E-state index is 0.0367. The van der Waals surface area contributed by atoms with Crippen LogP contribution >= 0.6 is 24.0 Å². The first-order chi connectivity index (χ1) is 13.3. The zero-order valence-corrected chi connectivity index (χ0v) is 15.5. The first-order valence-corrected chi connectivity index (χ1v) is 8.84. The first kappa shape index (κ1) is 19.3. The third-order valence-electron chi connectivity index (χ3n) is 3.62. The summed E-state index contributed by atoms with van der Waals surface area (Å²) in [7, 11) is 0. The maximum Gasteiger partial charge on any atom is 0.285 e. The molecule has 0 spiro atoms. The van der Waals surface area contributed by atoms with E-state index < -0.39 is 16.7 Å². The number of phenols is 2. The molecule has 2 aromatic carbocycles. The highest BCUT2D eigenvalue weighted by Gasteiger charge is 2.34. The second-order valence-corrected chi connectivity index (χ2v) is 7.18. The Morgan fingerprint density at radius 2 is 2.00 bits per heavy atom. The number of thioether (sulfide) groups is 1. The maximum atomic E-state index is 12.6.